The Morgan fingerprint density at radius 3 is 2.33 bits per heavy atom. The van der Waals surface area contributed by atoms with Crippen LogP contribution in [-0.2, 0) is 0 Å². The van der Waals surface area contributed by atoms with Gasteiger partial charge in [-0.3, -0.25) is 0 Å². The van der Waals surface area contributed by atoms with Gasteiger partial charge in [0.05, 0.1) is 0 Å². The van der Waals surface area contributed by atoms with Crippen molar-refractivity contribution in [1.82, 2.24) is 9.97 Å². The highest BCUT2D eigenvalue weighted by Gasteiger charge is 2.45. The molecule has 1 saturated heterocycles. The molecule has 4 rings (SSSR count). The average molecular weight is 201 g/mol. The lowest BCUT2D eigenvalue weighted by molar-refractivity contribution is 0.784. The van der Waals surface area contributed by atoms with Crippen molar-refractivity contribution in [1.29, 1.82) is 0 Å². The molecule has 2 aliphatic carbocycles. The molecule has 1 aromatic rings. The van der Waals surface area contributed by atoms with Gasteiger partial charge in [-0.15, -0.1) is 0 Å². The second kappa shape index (κ2) is 2.71. The van der Waals surface area contributed by atoms with E-state index in [-0.39, 0.29) is 0 Å². The molecule has 0 aromatic carbocycles. The molecule has 15 heavy (non-hydrogen) atoms. The van der Waals surface area contributed by atoms with Crippen molar-refractivity contribution in [2.45, 2.75) is 25.2 Å². The Kier molecular flexibility index (Phi) is 1.46. The van der Waals surface area contributed by atoms with Crippen molar-refractivity contribution < 1.29 is 0 Å². The minimum Gasteiger partial charge on any atom is -0.340 e. The smallest absolute Gasteiger partial charge is 0.225 e. The van der Waals surface area contributed by atoms with Gasteiger partial charge in [-0.1, -0.05) is 0 Å². The number of rotatable bonds is 2. The zero-order valence-electron chi connectivity index (χ0n) is 8.76. The molecule has 0 radical (unpaired) electrons. The Bertz CT molecular complexity index is 372. The molecule has 2 atom stereocenters. The number of hydrogen-bond acceptors (Lipinski definition) is 3. The highest BCUT2D eigenvalue weighted by atomic mass is 15.3. The van der Waals surface area contributed by atoms with Gasteiger partial charge in [0, 0.05) is 25.5 Å². The third-order valence-corrected chi connectivity index (χ3v) is 3.97. The van der Waals surface area contributed by atoms with Crippen molar-refractivity contribution >= 4 is 5.95 Å². The van der Waals surface area contributed by atoms with Crippen LogP contribution in [0, 0.1) is 11.8 Å². The van der Waals surface area contributed by atoms with E-state index >= 15 is 0 Å². The fourth-order valence-corrected chi connectivity index (χ4v) is 2.68. The van der Waals surface area contributed by atoms with Crippen molar-refractivity contribution in [2.75, 3.05) is 18.0 Å². The Hall–Kier alpha value is -1.12. The summed E-state index contributed by atoms with van der Waals surface area (Å²) in [4.78, 5) is 11.3. The molecule has 2 unspecified atom stereocenters. The molecule has 2 saturated carbocycles. The van der Waals surface area contributed by atoms with E-state index in [1.54, 1.807) is 0 Å². The number of aromatic nitrogens is 2. The molecule has 3 heteroatoms. The largest absolute Gasteiger partial charge is 0.340 e. The van der Waals surface area contributed by atoms with Crippen molar-refractivity contribution in [3.8, 4) is 0 Å². The molecule has 78 valence electrons. The van der Waals surface area contributed by atoms with Crippen LogP contribution in [0.1, 0.15) is 30.7 Å². The molecular weight excluding hydrogens is 186 g/mol. The minimum atomic E-state index is 0.769. The van der Waals surface area contributed by atoms with Crippen LogP contribution in [0.2, 0.25) is 0 Å². The van der Waals surface area contributed by atoms with Crippen molar-refractivity contribution in [2.24, 2.45) is 11.8 Å². The number of nitrogens with zero attached hydrogens (tertiary/aromatic N) is 3. The first-order valence-corrected chi connectivity index (χ1v) is 5.97. The highest BCUT2D eigenvalue weighted by Crippen LogP contribution is 2.45. The van der Waals surface area contributed by atoms with Gasteiger partial charge in [0.2, 0.25) is 5.95 Å². The zero-order chi connectivity index (χ0) is 9.83. The van der Waals surface area contributed by atoms with Crippen LogP contribution < -0.4 is 4.90 Å². The van der Waals surface area contributed by atoms with Crippen molar-refractivity contribution in [3.05, 3.63) is 18.0 Å². The van der Waals surface area contributed by atoms with Gasteiger partial charge in [0.25, 0.3) is 0 Å². The van der Waals surface area contributed by atoms with Gasteiger partial charge in [-0.2, -0.15) is 0 Å². The first-order valence-electron chi connectivity index (χ1n) is 5.97. The normalized spacial score (nSPS) is 32.9. The Labute approximate surface area is 89.5 Å². The van der Waals surface area contributed by atoms with Crippen LogP contribution in [0.3, 0.4) is 0 Å². The second-order valence-electron chi connectivity index (χ2n) is 5.25. The molecule has 0 bridgehead atoms. The molecular formula is C12H15N3. The summed E-state index contributed by atoms with van der Waals surface area (Å²) < 4.78 is 0. The molecule has 1 aliphatic heterocycles. The SMILES string of the molecule is c1nc(N2CC3CC3C2)ncc1C1CC1. The summed E-state index contributed by atoms with van der Waals surface area (Å²) in [6, 6.07) is 0. The van der Waals surface area contributed by atoms with E-state index in [0.29, 0.717) is 0 Å². The monoisotopic (exact) mass is 201 g/mol. The Morgan fingerprint density at radius 2 is 1.73 bits per heavy atom. The predicted octanol–water partition coefficient (Wildman–Crippen LogP) is 1.81. The lowest BCUT2D eigenvalue weighted by Crippen LogP contribution is -2.23. The number of anilines is 1. The Morgan fingerprint density at radius 1 is 1.07 bits per heavy atom. The summed E-state index contributed by atoms with van der Waals surface area (Å²) in [5.41, 5.74) is 1.34. The lowest BCUT2D eigenvalue weighted by Gasteiger charge is -2.17. The van der Waals surface area contributed by atoms with Crippen LogP contribution >= 0.6 is 0 Å². The average Bonchev–Trinajstić information content (AvgIpc) is 3.19. The van der Waals surface area contributed by atoms with E-state index in [4.69, 9.17) is 0 Å². The van der Waals surface area contributed by atoms with Crippen LogP contribution in [0.25, 0.3) is 0 Å². The maximum absolute atomic E-state index is 4.49. The summed E-state index contributed by atoms with van der Waals surface area (Å²) in [7, 11) is 0. The molecule has 0 spiro atoms. The lowest BCUT2D eigenvalue weighted by atomic mass is 10.2. The summed E-state index contributed by atoms with van der Waals surface area (Å²) in [5.74, 6) is 3.63. The van der Waals surface area contributed by atoms with Crippen LogP contribution in [-0.4, -0.2) is 23.1 Å². The summed E-state index contributed by atoms with van der Waals surface area (Å²) >= 11 is 0. The maximum atomic E-state index is 4.49. The van der Waals surface area contributed by atoms with Crippen LogP contribution in [0.5, 0.6) is 0 Å². The first kappa shape index (κ1) is 8.08. The number of piperidine rings is 1. The third kappa shape index (κ3) is 1.33. The summed E-state index contributed by atoms with van der Waals surface area (Å²) in [6.45, 7) is 2.38. The predicted molar refractivity (Wildman–Crippen MR) is 57.8 cm³/mol. The minimum absolute atomic E-state index is 0.769. The van der Waals surface area contributed by atoms with E-state index in [0.717, 1.165) is 23.7 Å². The van der Waals surface area contributed by atoms with Crippen LogP contribution in [0.15, 0.2) is 12.4 Å². The number of hydrogen-bond donors (Lipinski definition) is 0. The fraction of sp³-hybridized carbons (Fsp3) is 0.667. The second-order valence-corrected chi connectivity index (χ2v) is 5.25. The summed E-state index contributed by atoms with van der Waals surface area (Å²) in [6.07, 6.45) is 8.16. The molecule has 0 N–H and O–H groups in total. The van der Waals surface area contributed by atoms with E-state index in [1.807, 2.05) is 12.4 Å². The quantitative estimate of drug-likeness (QED) is 0.730. The molecule has 3 aliphatic rings. The van der Waals surface area contributed by atoms with E-state index in [9.17, 15) is 0 Å². The fourth-order valence-electron chi connectivity index (χ4n) is 2.68. The molecule has 1 aromatic heterocycles. The molecule has 2 heterocycles. The molecule has 3 nitrogen and oxygen atoms in total. The van der Waals surface area contributed by atoms with Gasteiger partial charge in [-0.25, -0.2) is 9.97 Å². The summed E-state index contributed by atoms with van der Waals surface area (Å²) in [5, 5.41) is 0. The van der Waals surface area contributed by atoms with E-state index in [2.05, 4.69) is 14.9 Å². The standard InChI is InChI=1S/C12H15N3/c1-2-8(1)11-4-13-12(14-5-11)15-6-9-3-10(9)7-15/h4-5,8-10H,1-3,6-7H2. The molecule has 0 amide bonds. The topological polar surface area (TPSA) is 29.0 Å². The third-order valence-electron chi connectivity index (χ3n) is 3.97. The van der Waals surface area contributed by atoms with Gasteiger partial charge in [-0.05, 0) is 42.6 Å². The van der Waals surface area contributed by atoms with Gasteiger partial charge in [0.1, 0.15) is 0 Å². The molecule has 3 fully saturated rings. The van der Waals surface area contributed by atoms with E-state index in [1.165, 1.54) is 37.9 Å². The van der Waals surface area contributed by atoms with Crippen molar-refractivity contribution in [3.63, 3.8) is 0 Å². The van der Waals surface area contributed by atoms with Gasteiger partial charge in [0.15, 0.2) is 0 Å². The Balaban J connectivity index is 1.55. The van der Waals surface area contributed by atoms with E-state index < -0.39 is 0 Å². The number of fused-ring (bicyclic) bond motifs is 1. The van der Waals surface area contributed by atoms with Crippen LogP contribution in [0.4, 0.5) is 5.95 Å². The highest BCUT2D eigenvalue weighted by molar-refractivity contribution is 5.35. The maximum Gasteiger partial charge on any atom is 0.225 e. The van der Waals surface area contributed by atoms with Gasteiger partial charge >= 0.3 is 0 Å². The first-order chi connectivity index (χ1) is 7.40. The van der Waals surface area contributed by atoms with Gasteiger partial charge < -0.3 is 4.90 Å². The zero-order valence-corrected chi connectivity index (χ0v) is 8.76.